The summed E-state index contributed by atoms with van der Waals surface area (Å²) < 4.78 is 1.29. The molecule has 1 unspecified atom stereocenters. The Balaban J connectivity index is 2.23. The predicted octanol–water partition coefficient (Wildman–Crippen LogP) is 1.66. The number of anilines is 1. The first-order chi connectivity index (χ1) is 9.88. The lowest BCUT2D eigenvalue weighted by Crippen LogP contribution is -2.26. The van der Waals surface area contributed by atoms with Gasteiger partial charge in [0, 0.05) is 20.2 Å². The van der Waals surface area contributed by atoms with E-state index in [9.17, 15) is 9.90 Å². The van der Waals surface area contributed by atoms with Crippen LogP contribution in [0.5, 0.6) is 0 Å². The number of hydrogen-bond acceptors (Lipinski definition) is 4. The minimum absolute atomic E-state index is 0.149. The summed E-state index contributed by atoms with van der Waals surface area (Å²) >= 11 is 0. The molecule has 0 radical (unpaired) electrons. The van der Waals surface area contributed by atoms with Gasteiger partial charge in [-0.1, -0.05) is 23.8 Å². The fraction of sp³-hybridized carbons (Fsp3) is 0.375. The average molecular weight is 287 g/mol. The lowest BCUT2D eigenvalue weighted by molar-refractivity contribution is 0.148. The van der Waals surface area contributed by atoms with Gasteiger partial charge in [0.05, 0.1) is 24.5 Å². The molecule has 0 aliphatic rings. The van der Waals surface area contributed by atoms with E-state index in [-0.39, 0.29) is 12.1 Å². The van der Waals surface area contributed by atoms with Gasteiger partial charge in [-0.2, -0.15) is 5.10 Å². The highest BCUT2D eigenvalue weighted by Gasteiger charge is 2.13. The van der Waals surface area contributed by atoms with E-state index in [2.05, 4.69) is 5.10 Å². The molecule has 1 heterocycles. The first-order valence-corrected chi connectivity index (χ1v) is 6.88. The maximum atomic E-state index is 12.0. The number of nitrogens with zero attached hydrogens (tertiary/aromatic N) is 3. The van der Waals surface area contributed by atoms with Gasteiger partial charge in [-0.15, -0.1) is 0 Å². The number of rotatable bonds is 4. The Kier molecular flexibility index (Phi) is 4.43. The van der Waals surface area contributed by atoms with Gasteiger partial charge in [0.25, 0.3) is 5.56 Å². The van der Waals surface area contributed by atoms with Gasteiger partial charge in [-0.25, -0.2) is 4.68 Å². The first kappa shape index (κ1) is 15.3. The van der Waals surface area contributed by atoms with Crippen molar-refractivity contribution >= 4 is 5.69 Å². The van der Waals surface area contributed by atoms with Gasteiger partial charge in [-0.3, -0.25) is 4.79 Å². The third-order valence-corrected chi connectivity index (χ3v) is 3.50. The number of aliphatic hydroxyl groups excluding tert-OH is 1. The van der Waals surface area contributed by atoms with Gasteiger partial charge >= 0.3 is 0 Å². The van der Waals surface area contributed by atoms with Crippen LogP contribution in [0.15, 0.2) is 35.3 Å². The van der Waals surface area contributed by atoms with Crippen molar-refractivity contribution < 1.29 is 5.11 Å². The fourth-order valence-corrected chi connectivity index (χ4v) is 2.27. The van der Waals surface area contributed by atoms with Crippen molar-refractivity contribution in [1.82, 2.24) is 9.78 Å². The highest BCUT2D eigenvalue weighted by molar-refractivity contribution is 5.40. The Labute approximate surface area is 124 Å². The molecular formula is C16H21N3O2. The summed E-state index contributed by atoms with van der Waals surface area (Å²) in [5.41, 5.74) is 3.52. The SMILES string of the molecule is Cc1ccc(C(O)Cn2ncc(N(C)C)cc2=O)c(C)c1. The Morgan fingerprint density at radius 1 is 1.29 bits per heavy atom. The average Bonchev–Trinajstić information content (AvgIpc) is 2.40. The molecule has 0 aliphatic carbocycles. The summed E-state index contributed by atoms with van der Waals surface area (Å²) in [6.07, 6.45) is 0.872. The number of aryl methyl sites for hydroxylation is 2. The zero-order valence-corrected chi connectivity index (χ0v) is 12.9. The van der Waals surface area contributed by atoms with Crippen LogP contribution < -0.4 is 10.5 Å². The van der Waals surface area contributed by atoms with Crippen molar-refractivity contribution in [2.45, 2.75) is 26.5 Å². The molecule has 1 atom stereocenters. The summed E-state index contributed by atoms with van der Waals surface area (Å²) in [6.45, 7) is 4.11. The molecule has 5 heteroatoms. The van der Waals surface area contributed by atoms with E-state index < -0.39 is 6.10 Å². The molecule has 21 heavy (non-hydrogen) atoms. The van der Waals surface area contributed by atoms with Crippen LogP contribution in [0.2, 0.25) is 0 Å². The second-order valence-electron chi connectivity index (χ2n) is 5.50. The summed E-state index contributed by atoms with van der Waals surface area (Å²) in [5, 5.41) is 14.5. The van der Waals surface area contributed by atoms with Gasteiger partial charge in [-0.05, 0) is 25.0 Å². The first-order valence-electron chi connectivity index (χ1n) is 6.88. The molecular weight excluding hydrogens is 266 g/mol. The highest BCUT2D eigenvalue weighted by atomic mass is 16.3. The van der Waals surface area contributed by atoms with Gasteiger partial charge < -0.3 is 10.0 Å². The van der Waals surface area contributed by atoms with Crippen molar-refractivity contribution in [1.29, 1.82) is 0 Å². The Morgan fingerprint density at radius 2 is 2.00 bits per heavy atom. The highest BCUT2D eigenvalue weighted by Crippen LogP contribution is 2.20. The molecule has 2 aromatic rings. The lowest BCUT2D eigenvalue weighted by Gasteiger charge is -2.16. The number of aromatic nitrogens is 2. The number of aliphatic hydroxyl groups is 1. The van der Waals surface area contributed by atoms with Crippen LogP contribution >= 0.6 is 0 Å². The van der Waals surface area contributed by atoms with Crippen LogP contribution in [0.3, 0.4) is 0 Å². The van der Waals surface area contributed by atoms with Crippen molar-refractivity contribution in [2.24, 2.45) is 0 Å². The van der Waals surface area contributed by atoms with Gasteiger partial charge in [0.15, 0.2) is 0 Å². The number of hydrogen-bond donors (Lipinski definition) is 1. The normalized spacial score (nSPS) is 12.2. The predicted molar refractivity (Wildman–Crippen MR) is 83.7 cm³/mol. The van der Waals surface area contributed by atoms with Crippen LogP contribution in [0, 0.1) is 13.8 Å². The Hall–Kier alpha value is -2.14. The molecule has 0 saturated carbocycles. The molecule has 1 N–H and O–H groups in total. The van der Waals surface area contributed by atoms with Crippen LogP contribution in [-0.4, -0.2) is 29.0 Å². The van der Waals surface area contributed by atoms with E-state index >= 15 is 0 Å². The van der Waals surface area contributed by atoms with E-state index in [1.54, 1.807) is 6.20 Å². The van der Waals surface area contributed by atoms with Gasteiger partial charge in [0.2, 0.25) is 0 Å². The largest absolute Gasteiger partial charge is 0.386 e. The van der Waals surface area contributed by atoms with Crippen LogP contribution in [-0.2, 0) is 6.54 Å². The van der Waals surface area contributed by atoms with Crippen LogP contribution in [0.1, 0.15) is 22.8 Å². The van der Waals surface area contributed by atoms with E-state index in [1.807, 2.05) is 51.0 Å². The van der Waals surface area contributed by atoms with Gasteiger partial charge in [0.1, 0.15) is 0 Å². The fourth-order valence-electron chi connectivity index (χ4n) is 2.27. The molecule has 5 nitrogen and oxygen atoms in total. The molecule has 2 rings (SSSR count). The molecule has 0 bridgehead atoms. The van der Waals surface area contributed by atoms with Crippen molar-refractivity contribution in [3.8, 4) is 0 Å². The second-order valence-corrected chi connectivity index (χ2v) is 5.50. The van der Waals surface area contributed by atoms with Crippen molar-refractivity contribution in [2.75, 3.05) is 19.0 Å². The zero-order chi connectivity index (χ0) is 15.6. The molecule has 0 saturated heterocycles. The Bertz CT molecular complexity index is 692. The van der Waals surface area contributed by atoms with E-state index in [0.717, 1.165) is 22.4 Å². The quantitative estimate of drug-likeness (QED) is 0.929. The molecule has 0 amide bonds. The maximum absolute atomic E-state index is 12.0. The maximum Gasteiger partial charge on any atom is 0.268 e. The lowest BCUT2D eigenvalue weighted by atomic mass is 10.0. The van der Waals surface area contributed by atoms with E-state index in [1.165, 1.54) is 10.7 Å². The summed E-state index contributed by atoms with van der Waals surface area (Å²) in [7, 11) is 3.70. The summed E-state index contributed by atoms with van der Waals surface area (Å²) in [4.78, 5) is 13.8. The molecule has 0 spiro atoms. The monoisotopic (exact) mass is 287 g/mol. The smallest absolute Gasteiger partial charge is 0.268 e. The summed E-state index contributed by atoms with van der Waals surface area (Å²) in [6, 6.07) is 7.39. The topological polar surface area (TPSA) is 58.4 Å². The number of benzene rings is 1. The second kappa shape index (κ2) is 6.10. The van der Waals surface area contributed by atoms with E-state index in [4.69, 9.17) is 0 Å². The third kappa shape index (κ3) is 3.49. The van der Waals surface area contributed by atoms with Crippen LogP contribution in [0.25, 0.3) is 0 Å². The standard InChI is InChI=1S/C16H21N3O2/c1-11-5-6-14(12(2)7-11)15(20)10-19-16(21)8-13(9-17-19)18(3)4/h5-9,15,20H,10H2,1-4H3. The summed E-state index contributed by atoms with van der Waals surface area (Å²) in [5.74, 6) is 0. The molecule has 1 aromatic heterocycles. The van der Waals surface area contributed by atoms with E-state index in [0.29, 0.717) is 0 Å². The zero-order valence-electron chi connectivity index (χ0n) is 12.9. The molecule has 112 valence electrons. The minimum atomic E-state index is -0.749. The minimum Gasteiger partial charge on any atom is -0.386 e. The van der Waals surface area contributed by atoms with Crippen molar-refractivity contribution in [3.05, 3.63) is 57.5 Å². The Morgan fingerprint density at radius 3 is 2.57 bits per heavy atom. The molecule has 1 aromatic carbocycles. The third-order valence-electron chi connectivity index (χ3n) is 3.50. The van der Waals surface area contributed by atoms with Crippen LogP contribution in [0.4, 0.5) is 5.69 Å². The molecule has 0 fully saturated rings. The molecule has 0 aliphatic heterocycles. The van der Waals surface area contributed by atoms with Crippen molar-refractivity contribution in [3.63, 3.8) is 0 Å².